The molecule has 0 spiro atoms. The fourth-order valence-corrected chi connectivity index (χ4v) is 7.73. The molecule has 342 valence electrons. The van der Waals surface area contributed by atoms with E-state index in [9.17, 15) is 43.3 Å². The molecule has 1 aliphatic heterocycles. The number of allylic oxidation sites excluding steroid dienone is 4. The van der Waals surface area contributed by atoms with Crippen LogP contribution in [0.3, 0.4) is 0 Å². The summed E-state index contributed by atoms with van der Waals surface area (Å²) in [4.78, 5) is 13.1. The Morgan fingerprint density at radius 3 is 1.64 bits per heavy atom. The maximum Gasteiger partial charge on any atom is 0.397 e. The van der Waals surface area contributed by atoms with Gasteiger partial charge in [-0.25, -0.2) is 4.18 Å². The van der Waals surface area contributed by atoms with Crippen LogP contribution in [0.4, 0.5) is 0 Å². The number of rotatable bonds is 38. The van der Waals surface area contributed by atoms with E-state index in [1.807, 2.05) is 0 Å². The van der Waals surface area contributed by atoms with E-state index >= 15 is 0 Å². The Hall–Kier alpha value is -1.46. The lowest BCUT2D eigenvalue weighted by Crippen LogP contribution is -2.61. The van der Waals surface area contributed by atoms with Crippen LogP contribution in [0.25, 0.3) is 0 Å². The van der Waals surface area contributed by atoms with Crippen molar-refractivity contribution in [2.45, 2.75) is 236 Å². The number of carbonyl (C=O) groups is 1. The average molecular weight is 850 g/mol. The third kappa shape index (κ3) is 27.4. The summed E-state index contributed by atoms with van der Waals surface area (Å²) in [6, 6.07) is -1.04. The lowest BCUT2D eigenvalue weighted by Gasteiger charge is -2.41. The Bertz CT molecular complexity index is 1160. The molecule has 8 unspecified atom stereocenters. The van der Waals surface area contributed by atoms with Crippen molar-refractivity contribution in [1.29, 1.82) is 0 Å². The SMILES string of the molecule is CCCCC/C=C\C=C/CCCCCCCC(O)C(=O)NC(COC1OC(CO)C(O)C(OS(=O)(=O)O)C1O)C(O)CCCCCCCCCCCCCCCCC. The molecule has 0 aromatic heterocycles. The predicted molar refractivity (Wildman–Crippen MR) is 228 cm³/mol. The molecule has 8 atom stereocenters. The van der Waals surface area contributed by atoms with Gasteiger partial charge in [-0.2, -0.15) is 8.42 Å². The third-order valence-corrected chi connectivity index (χ3v) is 11.4. The molecule has 0 aliphatic carbocycles. The molecule has 1 saturated heterocycles. The highest BCUT2D eigenvalue weighted by atomic mass is 32.3. The fourth-order valence-electron chi connectivity index (χ4n) is 7.22. The van der Waals surface area contributed by atoms with Crippen LogP contribution in [0, 0.1) is 0 Å². The van der Waals surface area contributed by atoms with Gasteiger partial charge < -0.3 is 40.3 Å². The van der Waals surface area contributed by atoms with Crippen molar-refractivity contribution >= 4 is 16.3 Å². The zero-order valence-corrected chi connectivity index (χ0v) is 36.8. The molecular formula is C44H83NO12S. The maximum atomic E-state index is 13.1. The minimum absolute atomic E-state index is 0.243. The minimum Gasteiger partial charge on any atom is -0.394 e. The Balaban J connectivity index is 2.59. The molecular weight excluding hydrogens is 767 g/mol. The second-order valence-electron chi connectivity index (χ2n) is 16.2. The molecule has 7 N–H and O–H groups in total. The summed E-state index contributed by atoms with van der Waals surface area (Å²) in [7, 11) is -5.11. The summed E-state index contributed by atoms with van der Waals surface area (Å²) < 4.78 is 47.5. The molecule has 58 heavy (non-hydrogen) atoms. The number of amides is 1. The smallest absolute Gasteiger partial charge is 0.394 e. The van der Waals surface area contributed by atoms with Gasteiger partial charge in [-0.1, -0.05) is 173 Å². The van der Waals surface area contributed by atoms with Gasteiger partial charge in [0.25, 0.3) is 0 Å². The quantitative estimate of drug-likeness (QED) is 0.0183. The van der Waals surface area contributed by atoms with Crippen molar-refractivity contribution in [3.63, 3.8) is 0 Å². The first-order valence-corrected chi connectivity index (χ1v) is 24.2. The van der Waals surface area contributed by atoms with Gasteiger partial charge in [-0.3, -0.25) is 9.35 Å². The van der Waals surface area contributed by atoms with E-state index in [0.29, 0.717) is 19.3 Å². The number of aliphatic hydroxyl groups is 5. The van der Waals surface area contributed by atoms with Gasteiger partial charge in [0.15, 0.2) is 6.29 Å². The average Bonchev–Trinajstić information content (AvgIpc) is 3.19. The molecule has 0 aromatic rings. The van der Waals surface area contributed by atoms with E-state index in [1.165, 1.54) is 89.9 Å². The zero-order chi connectivity index (χ0) is 42.9. The van der Waals surface area contributed by atoms with Crippen LogP contribution in [0.1, 0.15) is 187 Å². The second-order valence-corrected chi connectivity index (χ2v) is 17.2. The van der Waals surface area contributed by atoms with Gasteiger partial charge in [0, 0.05) is 0 Å². The van der Waals surface area contributed by atoms with Crippen LogP contribution in [-0.2, 0) is 28.9 Å². The molecule has 1 amide bonds. The molecule has 1 aliphatic rings. The number of nitrogens with one attached hydrogen (secondary N) is 1. The summed E-state index contributed by atoms with van der Waals surface area (Å²) in [6.45, 7) is 3.23. The van der Waals surface area contributed by atoms with E-state index in [2.05, 4.69) is 47.7 Å². The third-order valence-electron chi connectivity index (χ3n) is 10.9. The number of hydrogen-bond acceptors (Lipinski definition) is 11. The van der Waals surface area contributed by atoms with E-state index < -0.39 is 78.5 Å². The summed E-state index contributed by atoms with van der Waals surface area (Å²) >= 11 is 0. The summed E-state index contributed by atoms with van der Waals surface area (Å²) in [5.74, 6) is -0.682. The van der Waals surface area contributed by atoms with Crippen LogP contribution in [0.2, 0.25) is 0 Å². The Morgan fingerprint density at radius 1 is 0.690 bits per heavy atom. The van der Waals surface area contributed by atoms with Crippen molar-refractivity contribution in [3.05, 3.63) is 24.3 Å². The number of hydrogen-bond donors (Lipinski definition) is 7. The topological polar surface area (TPSA) is 212 Å². The summed E-state index contributed by atoms with van der Waals surface area (Å²) in [5, 5.41) is 55.3. The first-order chi connectivity index (χ1) is 27.9. The molecule has 0 bridgehead atoms. The normalized spacial score (nSPS) is 21.8. The van der Waals surface area contributed by atoms with Gasteiger partial charge in [0.05, 0.1) is 25.4 Å². The van der Waals surface area contributed by atoms with Crippen LogP contribution >= 0.6 is 0 Å². The number of carbonyl (C=O) groups excluding carboxylic acids is 1. The van der Waals surface area contributed by atoms with Crippen molar-refractivity contribution in [1.82, 2.24) is 5.32 Å². The lowest BCUT2D eigenvalue weighted by atomic mass is 9.99. The molecule has 0 saturated carbocycles. The van der Waals surface area contributed by atoms with Crippen molar-refractivity contribution in [2.75, 3.05) is 13.2 Å². The standard InChI is InChI=1S/C44H83NO12S/c1-3-5-7-9-11-13-15-17-19-21-22-24-26-28-30-32-37(47)36(35-55-44-41(50)42(57-58(52,53)54)40(49)39(34-46)56-44)45-43(51)38(48)33-31-29-27-25-23-20-18-16-14-12-10-8-6-4-2/h12,14,16,18,36-42,44,46-50H,3-11,13,15,17,19-35H2,1-2H3,(H,45,51)(H,52,53,54)/b14-12-,18-16-. The molecule has 0 radical (unpaired) electrons. The molecule has 14 heteroatoms. The highest BCUT2D eigenvalue weighted by molar-refractivity contribution is 7.80. The van der Waals surface area contributed by atoms with E-state index in [0.717, 1.165) is 57.8 Å². The highest BCUT2D eigenvalue weighted by Gasteiger charge is 2.48. The largest absolute Gasteiger partial charge is 0.397 e. The Morgan fingerprint density at radius 2 is 1.14 bits per heavy atom. The van der Waals surface area contributed by atoms with E-state index in [1.54, 1.807) is 0 Å². The van der Waals surface area contributed by atoms with Gasteiger partial charge in [-0.15, -0.1) is 0 Å². The van der Waals surface area contributed by atoms with Crippen LogP contribution in [0.5, 0.6) is 0 Å². The Labute approximate surface area is 351 Å². The monoisotopic (exact) mass is 850 g/mol. The second kappa shape index (κ2) is 35.2. The zero-order valence-electron chi connectivity index (χ0n) is 36.0. The molecule has 13 nitrogen and oxygen atoms in total. The Kier molecular flexibility index (Phi) is 33.1. The minimum atomic E-state index is -5.11. The molecule has 0 aromatic carbocycles. The van der Waals surface area contributed by atoms with Crippen molar-refractivity contribution < 1.29 is 57.0 Å². The maximum absolute atomic E-state index is 13.1. The molecule has 1 rings (SSSR count). The summed E-state index contributed by atoms with van der Waals surface area (Å²) in [5.41, 5.74) is 0. The highest BCUT2D eigenvalue weighted by Crippen LogP contribution is 2.26. The number of ether oxygens (including phenoxy) is 2. The predicted octanol–water partition coefficient (Wildman–Crippen LogP) is 7.52. The van der Waals surface area contributed by atoms with Gasteiger partial charge in [0.2, 0.25) is 5.91 Å². The van der Waals surface area contributed by atoms with Crippen LogP contribution < -0.4 is 5.32 Å². The molecule has 1 heterocycles. The lowest BCUT2D eigenvalue weighted by molar-refractivity contribution is -0.298. The van der Waals surface area contributed by atoms with Gasteiger partial charge in [-0.05, 0) is 38.5 Å². The van der Waals surface area contributed by atoms with Crippen LogP contribution in [0.15, 0.2) is 24.3 Å². The number of unbranched alkanes of at least 4 members (excludes halogenated alkanes) is 22. The number of aliphatic hydroxyl groups excluding tert-OH is 5. The van der Waals surface area contributed by atoms with E-state index in [-0.39, 0.29) is 6.42 Å². The summed E-state index contributed by atoms with van der Waals surface area (Å²) in [6.07, 6.45) is 26.4. The van der Waals surface area contributed by atoms with Gasteiger partial charge >= 0.3 is 10.4 Å². The molecule has 1 fully saturated rings. The van der Waals surface area contributed by atoms with Crippen molar-refractivity contribution in [3.8, 4) is 0 Å². The van der Waals surface area contributed by atoms with Crippen LogP contribution in [-0.4, -0.2) is 107 Å². The van der Waals surface area contributed by atoms with Gasteiger partial charge in [0.1, 0.15) is 30.5 Å². The first kappa shape index (κ1) is 54.6. The fraction of sp³-hybridized carbons (Fsp3) is 0.886. The van der Waals surface area contributed by atoms with E-state index in [4.69, 9.17) is 9.47 Å². The van der Waals surface area contributed by atoms with Crippen molar-refractivity contribution in [2.24, 2.45) is 0 Å². The first-order valence-electron chi connectivity index (χ1n) is 22.8.